The number of nitrogens with zero attached hydrogens (tertiary/aromatic N) is 3. The summed E-state index contributed by atoms with van der Waals surface area (Å²) in [4.78, 5) is 2.65. The molecule has 0 bridgehead atoms. The molecule has 0 rings (SSSR count). The fourth-order valence-corrected chi connectivity index (χ4v) is 0.490. The van der Waals surface area contributed by atoms with Crippen molar-refractivity contribution in [1.29, 1.82) is 0 Å². The smallest absolute Gasteiger partial charge is 0.0612 e. The maximum Gasteiger partial charge on any atom is 0.0612 e. The van der Waals surface area contributed by atoms with E-state index in [0.29, 0.717) is 0 Å². The van der Waals surface area contributed by atoms with Gasteiger partial charge >= 0.3 is 0 Å². The lowest BCUT2D eigenvalue weighted by Gasteiger charge is -2.09. The molecule has 0 aliphatic carbocycles. The summed E-state index contributed by atoms with van der Waals surface area (Å²) in [5.74, 6) is 0. The molecule has 0 aliphatic heterocycles. The molecule has 0 fully saturated rings. The molecule has 56 valence electrons. The van der Waals surface area contributed by atoms with Gasteiger partial charge in [0.2, 0.25) is 0 Å². The first-order valence-electron chi connectivity index (χ1n) is 2.97. The third-order valence-electron chi connectivity index (χ3n) is 0.934. The molecule has 4 nitrogen and oxygen atoms in total. The summed E-state index contributed by atoms with van der Waals surface area (Å²) in [6.07, 6.45) is 3.21. The summed E-state index contributed by atoms with van der Waals surface area (Å²) >= 11 is 0. The molecular weight excluding hydrogens is 130 g/mol. The van der Waals surface area contributed by atoms with Gasteiger partial charge in [-0.25, -0.2) is 0 Å². The first-order chi connectivity index (χ1) is 4.62. The van der Waals surface area contributed by atoms with Crippen LogP contribution in [0.1, 0.15) is 13.8 Å². The third-order valence-corrected chi connectivity index (χ3v) is 0.934. The minimum absolute atomic E-state index is 0.0234. The lowest BCUT2D eigenvalue weighted by molar-refractivity contribution is 0.341. The van der Waals surface area contributed by atoms with Crippen LogP contribution in [0.3, 0.4) is 0 Å². The second-order valence-electron chi connectivity index (χ2n) is 2.43. The van der Waals surface area contributed by atoms with Gasteiger partial charge in [0.25, 0.3) is 0 Å². The van der Waals surface area contributed by atoms with Crippen molar-refractivity contribution in [3.8, 4) is 0 Å². The van der Waals surface area contributed by atoms with Gasteiger partial charge in [0.1, 0.15) is 0 Å². The summed E-state index contributed by atoms with van der Waals surface area (Å²) in [6.45, 7) is 3.50. The summed E-state index contributed by atoms with van der Waals surface area (Å²) < 4.78 is 0. The molecule has 10 heavy (non-hydrogen) atoms. The molecule has 0 saturated heterocycles. The van der Waals surface area contributed by atoms with Crippen molar-refractivity contribution in [3.63, 3.8) is 0 Å². The van der Waals surface area contributed by atoms with E-state index in [9.17, 15) is 0 Å². The molecular formula is C6H11N3O. The molecule has 0 heterocycles. The highest BCUT2D eigenvalue weighted by Crippen LogP contribution is 2.09. The molecule has 0 atom stereocenters. The predicted octanol–water partition coefficient (Wildman–Crippen LogP) is 1.62. The van der Waals surface area contributed by atoms with Crippen molar-refractivity contribution in [2.45, 2.75) is 19.4 Å². The Labute approximate surface area is 59.8 Å². The van der Waals surface area contributed by atoms with E-state index >= 15 is 0 Å². The third kappa shape index (κ3) is 3.95. The van der Waals surface area contributed by atoms with Gasteiger partial charge in [-0.15, -0.1) is 0 Å². The van der Waals surface area contributed by atoms with Gasteiger partial charge in [-0.1, -0.05) is 31.1 Å². The van der Waals surface area contributed by atoms with E-state index in [1.54, 1.807) is 26.0 Å². The van der Waals surface area contributed by atoms with Crippen LogP contribution in [0.2, 0.25) is 0 Å². The zero-order chi connectivity index (χ0) is 8.04. The Balaban J connectivity index is 4.11. The van der Waals surface area contributed by atoms with Crippen LogP contribution in [0.5, 0.6) is 0 Å². The Hall–Kier alpha value is -0.990. The van der Waals surface area contributed by atoms with Crippen LogP contribution in [0.25, 0.3) is 10.4 Å². The Morgan fingerprint density at radius 3 is 2.70 bits per heavy atom. The fourth-order valence-electron chi connectivity index (χ4n) is 0.490. The summed E-state index contributed by atoms with van der Waals surface area (Å²) in [5, 5.41) is 11.9. The zero-order valence-electron chi connectivity index (χ0n) is 6.15. The number of hydrogen-bond acceptors (Lipinski definition) is 2. The average molecular weight is 141 g/mol. The Bertz CT molecular complexity index is 168. The molecule has 0 aliphatic rings. The van der Waals surface area contributed by atoms with Crippen LogP contribution in [0.15, 0.2) is 17.3 Å². The zero-order valence-corrected chi connectivity index (χ0v) is 6.15. The van der Waals surface area contributed by atoms with E-state index in [0.717, 1.165) is 0 Å². The number of aliphatic hydroxyl groups excluding tert-OH is 1. The van der Waals surface area contributed by atoms with Gasteiger partial charge in [0, 0.05) is 4.91 Å². The molecule has 0 aromatic carbocycles. The lowest BCUT2D eigenvalue weighted by Crippen LogP contribution is -2.10. The monoisotopic (exact) mass is 141 g/mol. The van der Waals surface area contributed by atoms with E-state index in [-0.39, 0.29) is 6.61 Å². The number of hydrogen-bond donors (Lipinski definition) is 1. The predicted molar refractivity (Wildman–Crippen MR) is 39.5 cm³/mol. The first kappa shape index (κ1) is 9.01. The molecule has 0 saturated carbocycles. The van der Waals surface area contributed by atoms with Crippen LogP contribution in [-0.2, 0) is 0 Å². The van der Waals surface area contributed by atoms with Crippen molar-refractivity contribution < 1.29 is 5.11 Å². The minimum Gasteiger partial charge on any atom is -0.392 e. The maximum atomic E-state index is 8.38. The highest BCUT2D eigenvalue weighted by molar-refractivity contribution is 5.01. The van der Waals surface area contributed by atoms with Gasteiger partial charge in [-0.2, -0.15) is 0 Å². The van der Waals surface area contributed by atoms with Crippen LogP contribution in [0, 0.1) is 0 Å². The molecule has 0 aromatic heterocycles. The highest BCUT2D eigenvalue weighted by Gasteiger charge is 2.08. The van der Waals surface area contributed by atoms with Crippen LogP contribution in [0.4, 0.5) is 0 Å². The summed E-state index contributed by atoms with van der Waals surface area (Å²) in [5.41, 5.74) is 7.53. The SMILES string of the molecule is CC(C)(/C=C/CO)N=[N+]=[N-]. The van der Waals surface area contributed by atoms with Gasteiger partial charge in [0.15, 0.2) is 0 Å². The Morgan fingerprint density at radius 1 is 1.70 bits per heavy atom. The van der Waals surface area contributed by atoms with Crippen LogP contribution < -0.4 is 0 Å². The maximum absolute atomic E-state index is 8.38. The lowest BCUT2D eigenvalue weighted by atomic mass is 10.1. The number of aliphatic hydroxyl groups is 1. The quantitative estimate of drug-likeness (QED) is 0.276. The molecule has 4 heteroatoms. The second kappa shape index (κ2) is 3.93. The molecule has 0 spiro atoms. The van der Waals surface area contributed by atoms with Gasteiger partial charge in [-0.3, -0.25) is 0 Å². The summed E-state index contributed by atoms with van der Waals surface area (Å²) in [7, 11) is 0. The normalized spacial score (nSPS) is 11.5. The summed E-state index contributed by atoms with van der Waals surface area (Å²) in [6, 6.07) is 0. The van der Waals surface area contributed by atoms with Crippen LogP contribution in [-0.4, -0.2) is 17.3 Å². The molecule has 0 aromatic rings. The van der Waals surface area contributed by atoms with E-state index in [2.05, 4.69) is 10.0 Å². The van der Waals surface area contributed by atoms with E-state index in [1.807, 2.05) is 0 Å². The first-order valence-corrected chi connectivity index (χ1v) is 2.97. The van der Waals surface area contributed by atoms with E-state index in [4.69, 9.17) is 10.6 Å². The van der Waals surface area contributed by atoms with Gasteiger partial charge in [-0.05, 0) is 5.53 Å². The van der Waals surface area contributed by atoms with Gasteiger partial charge in [0.05, 0.1) is 12.1 Å². The largest absolute Gasteiger partial charge is 0.392 e. The molecule has 0 radical (unpaired) electrons. The van der Waals surface area contributed by atoms with Crippen molar-refractivity contribution in [2.24, 2.45) is 5.11 Å². The van der Waals surface area contributed by atoms with Crippen molar-refractivity contribution in [3.05, 3.63) is 22.6 Å². The minimum atomic E-state index is -0.530. The van der Waals surface area contributed by atoms with E-state index < -0.39 is 5.54 Å². The van der Waals surface area contributed by atoms with Gasteiger partial charge < -0.3 is 5.11 Å². The van der Waals surface area contributed by atoms with Crippen molar-refractivity contribution in [1.82, 2.24) is 0 Å². The van der Waals surface area contributed by atoms with Crippen molar-refractivity contribution in [2.75, 3.05) is 6.61 Å². The van der Waals surface area contributed by atoms with Crippen molar-refractivity contribution >= 4 is 0 Å². The highest BCUT2D eigenvalue weighted by atomic mass is 16.2. The van der Waals surface area contributed by atoms with E-state index in [1.165, 1.54) is 0 Å². The Kier molecular flexibility index (Phi) is 3.54. The number of rotatable bonds is 3. The number of azide groups is 1. The molecule has 1 N–H and O–H groups in total. The topological polar surface area (TPSA) is 69.0 Å². The average Bonchev–Trinajstić information content (AvgIpc) is 1.84. The Morgan fingerprint density at radius 2 is 2.30 bits per heavy atom. The standard InChI is InChI=1S/C6H11N3O/c1-6(2,8-9-7)4-3-5-10/h3-4,10H,5H2,1-2H3/b4-3+. The molecule has 0 amide bonds. The molecule has 0 unspecified atom stereocenters. The fraction of sp³-hybridized carbons (Fsp3) is 0.667. The van der Waals surface area contributed by atoms with Crippen LogP contribution >= 0.6 is 0 Å². The second-order valence-corrected chi connectivity index (χ2v) is 2.43.